The third-order valence-electron chi connectivity index (χ3n) is 6.70. The van der Waals surface area contributed by atoms with Gasteiger partial charge in [-0.2, -0.15) is 0 Å². The summed E-state index contributed by atoms with van der Waals surface area (Å²) in [4.78, 5) is 12.5. The number of phenolic OH excluding ortho intramolecular Hbond substituents is 1. The van der Waals surface area contributed by atoms with E-state index in [0.29, 0.717) is 23.9 Å². The molecule has 132 valence electrons. The zero-order chi connectivity index (χ0) is 17.9. The monoisotopic (exact) mass is 330 g/mol. The molecule has 2 aliphatic carbocycles. The molecule has 0 spiro atoms. The van der Waals surface area contributed by atoms with Crippen molar-refractivity contribution in [1.29, 1.82) is 0 Å². The van der Waals surface area contributed by atoms with Gasteiger partial charge in [-0.3, -0.25) is 4.79 Å². The van der Waals surface area contributed by atoms with E-state index in [9.17, 15) is 9.90 Å². The molecule has 0 bridgehead atoms. The van der Waals surface area contributed by atoms with Gasteiger partial charge in [-0.1, -0.05) is 34.6 Å². The Morgan fingerprint density at radius 3 is 2.50 bits per heavy atom. The second-order valence-electron chi connectivity index (χ2n) is 8.68. The number of hydrogen-bond donors (Lipinski definition) is 1. The number of methoxy groups -OCH3 is 1. The number of ketones is 1. The lowest BCUT2D eigenvalue weighted by Gasteiger charge is -2.53. The summed E-state index contributed by atoms with van der Waals surface area (Å²) in [7, 11) is 1.72. The van der Waals surface area contributed by atoms with Gasteiger partial charge < -0.3 is 9.84 Å². The predicted molar refractivity (Wildman–Crippen MR) is 95.9 cm³/mol. The Morgan fingerprint density at radius 2 is 1.92 bits per heavy atom. The topological polar surface area (TPSA) is 46.5 Å². The summed E-state index contributed by atoms with van der Waals surface area (Å²) >= 11 is 0. The lowest BCUT2D eigenvalue weighted by atomic mass is 9.49. The second kappa shape index (κ2) is 5.50. The van der Waals surface area contributed by atoms with Crippen LogP contribution in [-0.4, -0.2) is 18.0 Å². The number of carbonyl (C=O) groups is 1. The fourth-order valence-corrected chi connectivity index (χ4v) is 5.40. The van der Waals surface area contributed by atoms with Crippen LogP contribution in [0.3, 0.4) is 0 Å². The molecule has 3 nitrogen and oxygen atoms in total. The van der Waals surface area contributed by atoms with Crippen LogP contribution in [0.2, 0.25) is 0 Å². The Bertz CT molecular complexity index is 687. The van der Waals surface area contributed by atoms with Crippen LogP contribution in [0.1, 0.15) is 76.5 Å². The molecule has 0 aromatic heterocycles. The van der Waals surface area contributed by atoms with Crippen LogP contribution in [0, 0.1) is 11.3 Å². The molecule has 0 aliphatic heterocycles. The van der Waals surface area contributed by atoms with E-state index < -0.39 is 0 Å². The minimum Gasteiger partial charge on any atom is -0.508 e. The maximum atomic E-state index is 12.5. The van der Waals surface area contributed by atoms with E-state index in [4.69, 9.17) is 4.74 Å². The van der Waals surface area contributed by atoms with Crippen LogP contribution in [0.5, 0.6) is 11.5 Å². The van der Waals surface area contributed by atoms with Crippen molar-refractivity contribution in [3.8, 4) is 11.5 Å². The molecule has 1 aromatic carbocycles. The van der Waals surface area contributed by atoms with Gasteiger partial charge in [-0.25, -0.2) is 0 Å². The molecule has 0 saturated heterocycles. The third-order valence-corrected chi connectivity index (χ3v) is 6.70. The van der Waals surface area contributed by atoms with Crippen LogP contribution in [-0.2, 0) is 16.6 Å². The normalized spacial score (nSPS) is 28.5. The molecule has 1 N–H and O–H groups in total. The van der Waals surface area contributed by atoms with Crippen molar-refractivity contribution in [1.82, 2.24) is 0 Å². The van der Waals surface area contributed by atoms with Crippen LogP contribution in [0.25, 0.3) is 0 Å². The summed E-state index contributed by atoms with van der Waals surface area (Å²) in [5.41, 5.74) is 2.76. The largest absolute Gasteiger partial charge is 0.508 e. The van der Waals surface area contributed by atoms with Gasteiger partial charge >= 0.3 is 0 Å². The number of fused-ring (bicyclic) bond motifs is 3. The van der Waals surface area contributed by atoms with E-state index in [1.165, 1.54) is 0 Å². The number of hydrogen-bond acceptors (Lipinski definition) is 3. The van der Waals surface area contributed by atoms with Crippen LogP contribution < -0.4 is 4.74 Å². The first-order valence-corrected chi connectivity index (χ1v) is 9.11. The van der Waals surface area contributed by atoms with Crippen molar-refractivity contribution < 1.29 is 14.6 Å². The summed E-state index contributed by atoms with van der Waals surface area (Å²) in [6.07, 6.45) is 3.24. The molecule has 24 heavy (non-hydrogen) atoms. The summed E-state index contributed by atoms with van der Waals surface area (Å²) < 4.78 is 5.78. The smallest absolute Gasteiger partial charge is 0.138 e. The molecule has 2 aliphatic rings. The van der Waals surface area contributed by atoms with E-state index in [1.54, 1.807) is 7.11 Å². The minimum atomic E-state index is -0.332. The third kappa shape index (κ3) is 2.20. The van der Waals surface area contributed by atoms with Gasteiger partial charge in [0.05, 0.1) is 7.11 Å². The molecule has 3 rings (SSSR count). The maximum Gasteiger partial charge on any atom is 0.138 e. The van der Waals surface area contributed by atoms with E-state index in [-0.39, 0.29) is 16.7 Å². The van der Waals surface area contributed by atoms with Crippen molar-refractivity contribution in [2.24, 2.45) is 11.3 Å². The van der Waals surface area contributed by atoms with Crippen LogP contribution in [0.15, 0.2) is 6.07 Å². The molecular weight excluding hydrogens is 300 g/mol. The van der Waals surface area contributed by atoms with E-state index in [2.05, 4.69) is 34.6 Å². The van der Waals surface area contributed by atoms with Gasteiger partial charge in [0.2, 0.25) is 0 Å². The Balaban J connectivity index is 2.24. The lowest BCUT2D eigenvalue weighted by molar-refractivity contribution is -0.137. The number of Topliss-reactive ketones (excluding diaryl/α,β-unsaturated/α-hetero) is 1. The molecule has 1 fully saturated rings. The number of benzene rings is 1. The Morgan fingerprint density at radius 1 is 1.25 bits per heavy atom. The number of aromatic hydroxyl groups is 1. The molecular formula is C21H30O3. The Hall–Kier alpha value is -1.51. The van der Waals surface area contributed by atoms with Crippen molar-refractivity contribution in [2.75, 3.05) is 7.11 Å². The van der Waals surface area contributed by atoms with Gasteiger partial charge in [0.25, 0.3) is 0 Å². The Kier molecular flexibility index (Phi) is 3.97. The highest BCUT2D eigenvalue weighted by molar-refractivity contribution is 5.86. The maximum absolute atomic E-state index is 12.5. The quantitative estimate of drug-likeness (QED) is 0.852. The standard InChI is InChI=1S/C21H30O3/c1-12(2)14-11-15(22)18-13(19(14)24-6)7-8-16-20(3,4)17(23)9-10-21(16,18)5/h11-12,16,22H,7-10H2,1-6H3/t16-,21-/m0/s1. The highest BCUT2D eigenvalue weighted by Crippen LogP contribution is 2.59. The number of rotatable bonds is 2. The van der Waals surface area contributed by atoms with Crippen molar-refractivity contribution >= 4 is 5.78 Å². The number of carbonyl (C=O) groups excluding carboxylic acids is 1. The lowest BCUT2D eigenvalue weighted by Crippen LogP contribution is -2.52. The Labute approximate surface area is 145 Å². The fraction of sp³-hybridized carbons (Fsp3) is 0.667. The zero-order valence-corrected chi connectivity index (χ0v) is 15.8. The first-order valence-electron chi connectivity index (χ1n) is 9.11. The van der Waals surface area contributed by atoms with Gasteiger partial charge in [0.15, 0.2) is 0 Å². The van der Waals surface area contributed by atoms with Crippen molar-refractivity contribution in [2.45, 2.75) is 71.6 Å². The second-order valence-corrected chi connectivity index (χ2v) is 8.68. The number of phenols is 1. The average molecular weight is 330 g/mol. The SMILES string of the molecule is COc1c(C(C)C)cc(O)c2c1CC[C@H]1C(C)(C)C(=O)CC[C@]21C. The van der Waals surface area contributed by atoms with Gasteiger partial charge in [0.1, 0.15) is 17.3 Å². The molecule has 1 aromatic rings. The van der Waals surface area contributed by atoms with Crippen LogP contribution >= 0.6 is 0 Å². The van der Waals surface area contributed by atoms with Gasteiger partial charge in [0, 0.05) is 33.9 Å². The number of ether oxygens (including phenoxy) is 1. The zero-order valence-electron chi connectivity index (χ0n) is 15.8. The molecule has 0 radical (unpaired) electrons. The molecule has 0 heterocycles. The summed E-state index contributed by atoms with van der Waals surface area (Å²) in [6.45, 7) is 10.6. The summed E-state index contributed by atoms with van der Waals surface area (Å²) in [5.74, 6) is 2.24. The van der Waals surface area contributed by atoms with Gasteiger partial charge in [-0.15, -0.1) is 0 Å². The average Bonchev–Trinajstić information content (AvgIpc) is 2.50. The molecule has 2 atom stereocenters. The van der Waals surface area contributed by atoms with E-state index >= 15 is 0 Å². The molecule has 3 heteroatoms. The van der Waals surface area contributed by atoms with E-state index in [1.807, 2.05) is 6.07 Å². The fourth-order valence-electron chi connectivity index (χ4n) is 5.40. The minimum absolute atomic E-state index is 0.169. The highest BCUT2D eigenvalue weighted by Gasteiger charge is 2.55. The van der Waals surface area contributed by atoms with E-state index in [0.717, 1.165) is 41.7 Å². The first kappa shape index (κ1) is 17.3. The van der Waals surface area contributed by atoms with Crippen molar-refractivity contribution in [3.63, 3.8) is 0 Å². The predicted octanol–water partition coefficient (Wildman–Crippen LogP) is 4.73. The molecule has 0 unspecified atom stereocenters. The van der Waals surface area contributed by atoms with Gasteiger partial charge in [-0.05, 0) is 37.2 Å². The summed E-state index contributed by atoms with van der Waals surface area (Å²) in [6, 6.07) is 1.89. The first-order chi connectivity index (χ1) is 11.1. The highest BCUT2D eigenvalue weighted by atomic mass is 16.5. The van der Waals surface area contributed by atoms with Crippen molar-refractivity contribution in [3.05, 3.63) is 22.8 Å². The molecule has 1 saturated carbocycles. The molecule has 0 amide bonds. The summed E-state index contributed by atoms with van der Waals surface area (Å²) in [5, 5.41) is 10.9. The van der Waals surface area contributed by atoms with Crippen LogP contribution in [0.4, 0.5) is 0 Å².